The molecule has 0 radical (unpaired) electrons. The number of hydrogen-bond donors (Lipinski definition) is 1. The third-order valence-electron chi connectivity index (χ3n) is 3.90. The van der Waals surface area contributed by atoms with E-state index < -0.39 is 32.3 Å². The molecule has 3 rings (SSSR count). The van der Waals surface area contributed by atoms with Gasteiger partial charge >= 0.3 is 43.7 Å². The number of nitrogens with zero attached hydrogens (tertiary/aromatic N) is 2. The molecule has 0 fully saturated rings. The average Bonchev–Trinajstić information content (AvgIpc) is 2.65. The summed E-state index contributed by atoms with van der Waals surface area (Å²) >= 11 is 0. The van der Waals surface area contributed by atoms with Gasteiger partial charge in [0.15, 0.2) is 0 Å². The van der Waals surface area contributed by atoms with Crippen LogP contribution >= 0.6 is 0 Å². The molecule has 144 valence electrons. The van der Waals surface area contributed by atoms with Crippen LogP contribution in [-0.2, 0) is 10.1 Å². The summed E-state index contributed by atoms with van der Waals surface area (Å²) in [6, 6.07) is 11.2. The van der Waals surface area contributed by atoms with E-state index in [-0.39, 0.29) is 54.9 Å². The van der Waals surface area contributed by atoms with Gasteiger partial charge in [-0.2, -0.15) is 5.11 Å². The molecule has 0 atom stereocenters. The van der Waals surface area contributed by atoms with E-state index in [0.29, 0.717) is 10.8 Å². The Morgan fingerprint density at radius 2 is 1.79 bits per heavy atom. The van der Waals surface area contributed by atoms with Gasteiger partial charge in [0.05, 0.1) is 23.3 Å². The summed E-state index contributed by atoms with van der Waals surface area (Å²) in [5, 5.41) is 30.0. The molecule has 1 N–H and O–H groups in total. The number of aromatic carboxylic acids is 1. The normalized spacial score (nSPS) is 11.4. The van der Waals surface area contributed by atoms with Gasteiger partial charge in [0.25, 0.3) is 0 Å². The molecule has 0 saturated carbocycles. The molecule has 0 amide bonds. The zero-order chi connectivity index (χ0) is 20.5. The maximum atomic E-state index is 12.5. The fraction of sp³-hybridized carbons (Fsp3) is 0.0556. The monoisotopic (exact) mass is 440 g/mol. The molecule has 3 aromatic rings. The molecular formula is C18H12CaN2O7S. The predicted octanol–water partition coefficient (Wildman–Crippen LogP) is 2.56. The minimum Gasteiger partial charge on any atom is -0.870 e. The molecule has 0 saturated heterocycles. The zero-order valence-corrected chi connectivity index (χ0v) is 18.1. The molecule has 0 aliphatic carbocycles. The third-order valence-corrected chi connectivity index (χ3v) is 4.77. The maximum Gasteiger partial charge on any atom is 2.00 e. The number of azo groups is 1. The number of hydrogen-bond acceptors (Lipinski definition) is 8. The van der Waals surface area contributed by atoms with Crippen molar-refractivity contribution < 1.29 is 32.7 Å². The fourth-order valence-corrected chi connectivity index (χ4v) is 3.20. The van der Waals surface area contributed by atoms with Crippen LogP contribution < -0.4 is 9.84 Å². The standard InChI is InChI=1S/C18H14N2O7S.Ca/c1-27-11-6-7-14(15(9-11)28(24,25)26)19-20-16-12-5-3-2-4-10(12)8-13(17(16)21)18(22)23;/h2-9,21H,1H3,(H,22,23)(H,24,25,26);/q;+2/p-2. The average molecular weight is 440 g/mol. The van der Waals surface area contributed by atoms with Gasteiger partial charge in [-0.3, -0.25) is 0 Å². The second kappa shape index (κ2) is 9.06. The molecule has 3 aromatic carbocycles. The molecule has 0 aliphatic rings. The number of ether oxygens (including phenoxy) is 1. The van der Waals surface area contributed by atoms with Crippen molar-refractivity contribution in [1.82, 2.24) is 0 Å². The number of carboxylic acid groups (broad SMARTS) is 1. The van der Waals surface area contributed by atoms with Gasteiger partial charge in [-0.25, -0.2) is 13.2 Å². The number of carboxylic acids is 1. The first-order valence-electron chi connectivity index (χ1n) is 7.74. The minimum absolute atomic E-state index is 0. The molecule has 9 nitrogen and oxygen atoms in total. The molecule has 0 spiro atoms. The summed E-state index contributed by atoms with van der Waals surface area (Å²) in [4.78, 5) is 10.7. The van der Waals surface area contributed by atoms with Crippen LogP contribution in [0.1, 0.15) is 10.4 Å². The third kappa shape index (κ3) is 4.85. The number of methoxy groups -OCH3 is 1. The van der Waals surface area contributed by atoms with E-state index in [1.54, 1.807) is 24.3 Å². The number of benzene rings is 3. The van der Waals surface area contributed by atoms with Crippen LogP contribution in [-0.4, -0.2) is 68.9 Å². The van der Waals surface area contributed by atoms with Gasteiger partial charge in [-0.05, 0) is 29.7 Å². The minimum atomic E-state index is -4.90. The zero-order valence-electron chi connectivity index (χ0n) is 15.0. The van der Waals surface area contributed by atoms with Crippen molar-refractivity contribution in [1.29, 1.82) is 0 Å². The largest absolute Gasteiger partial charge is 2.00 e. The van der Waals surface area contributed by atoms with Crippen molar-refractivity contribution in [3.8, 4) is 11.5 Å². The van der Waals surface area contributed by atoms with Gasteiger partial charge in [-0.1, -0.05) is 30.0 Å². The molecule has 0 bridgehead atoms. The first-order chi connectivity index (χ1) is 13.2. The Morgan fingerprint density at radius 1 is 1.10 bits per heavy atom. The Labute approximate surface area is 195 Å². The quantitative estimate of drug-likeness (QED) is 0.363. The predicted molar refractivity (Wildman–Crippen MR) is 101 cm³/mol. The molecule has 29 heavy (non-hydrogen) atoms. The second-order valence-electron chi connectivity index (χ2n) is 5.62. The van der Waals surface area contributed by atoms with Crippen LogP contribution in [0.25, 0.3) is 10.8 Å². The summed E-state index contributed by atoms with van der Waals surface area (Å²) in [6.45, 7) is 0. The van der Waals surface area contributed by atoms with Crippen molar-refractivity contribution >= 4 is 76.0 Å². The van der Waals surface area contributed by atoms with E-state index in [0.717, 1.165) is 6.07 Å². The topological polar surface area (TPSA) is 152 Å². The SMILES string of the molecule is COc1ccc(N=Nc2c([O-])c(C(=O)O)cc3ccccc23)c(S(=O)(=O)[O-])c1.[Ca+2]. The van der Waals surface area contributed by atoms with Crippen LogP contribution in [0.2, 0.25) is 0 Å². The summed E-state index contributed by atoms with van der Waals surface area (Å²) in [6.07, 6.45) is 0. The number of fused-ring (bicyclic) bond motifs is 1. The van der Waals surface area contributed by atoms with Gasteiger partial charge in [0.1, 0.15) is 21.6 Å². The van der Waals surface area contributed by atoms with E-state index >= 15 is 0 Å². The molecule has 0 heterocycles. The Morgan fingerprint density at radius 3 is 2.41 bits per heavy atom. The molecular weight excluding hydrogens is 428 g/mol. The second-order valence-corrected chi connectivity index (χ2v) is 6.96. The van der Waals surface area contributed by atoms with Crippen molar-refractivity contribution in [2.75, 3.05) is 7.11 Å². The van der Waals surface area contributed by atoms with Crippen molar-refractivity contribution in [2.24, 2.45) is 10.2 Å². The van der Waals surface area contributed by atoms with E-state index in [4.69, 9.17) is 4.74 Å². The summed E-state index contributed by atoms with van der Waals surface area (Å²) in [5.74, 6) is -2.19. The smallest absolute Gasteiger partial charge is 0.870 e. The Hall–Kier alpha value is -2.24. The Balaban J connectivity index is 0.00000300. The van der Waals surface area contributed by atoms with Gasteiger partial charge in [0, 0.05) is 5.39 Å². The first kappa shape index (κ1) is 23.0. The first-order valence-corrected chi connectivity index (χ1v) is 9.15. The van der Waals surface area contributed by atoms with E-state index in [1.807, 2.05) is 0 Å². The number of carbonyl (C=O) groups is 1. The maximum absolute atomic E-state index is 12.5. The molecule has 0 aliphatic heterocycles. The van der Waals surface area contributed by atoms with Crippen molar-refractivity contribution in [3.05, 3.63) is 54.1 Å². The molecule has 0 aromatic heterocycles. The Kier molecular flexibility index (Phi) is 7.20. The van der Waals surface area contributed by atoms with Crippen LogP contribution in [0.3, 0.4) is 0 Å². The summed E-state index contributed by atoms with van der Waals surface area (Å²) in [5.41, 5.74) is -1.08. The van der Waals surface area contributed by atoms with Crippen LogP contribution in [0.4, 0.5) is 11.4 Å². The summed E-state index contributed by atoms with van der Waals surface area (Å²) in [7, 11) is -3.60. The van der Waals surface area contributed by atoms with Crippen LogP contribution in [0.15, 0.2) is 63.7 Å². The van der Waals surface area contributed by atoms with Gasteiger partial charge in [-0.15, -0.1) is 5.11 Å². The van der Waals surface area contributed by atoms with Crippen molar-refractivity contribution in [3.63, 3.8) is 0 Å². The van der Waals surface area contributed by atoms with E-state index in [2.05, 4.69) is 10.2 Å². The van der Waals surface area contributed by atoms with Gasteiger partial charge in [0.2, 0.25) is 0 Å². The van der Waals surface area contributed by atoms with E-state index in [9.17, 15) is 28.0 Å². The molecule has 0 unspecified atom stereocenters. The van der Waals surface area contributed by atoms with Crippen molar-refractivity contribution in [2.45, 2.75) is 4.90 Å². The molecule has 11 heteroatoms. The van der Waals surface area contributed by atoms with E-state index in [1.165, 1.54) is 25.3 Å². The Bertz CT molecular complexity index is 1230. The number of rotatable bonds is 5. The van der Waals surface area contributed by atoms with Crippen LogP contribution in [0, 0.1) is 0 Å². The van der Waals surface area contributed by atoms with Crippen LogP contribution in [0.5, 0.6) is 11.5 Å². The van der Waals surface area contributed by atoms with Gasteiger partial charge < -0.3 is 19.5 Å². The fourth-order valence-electron chi connectivity index (χ4n) is 2.58. The summed E-state index contributed by atoms with van der Waals surface area (Å²) < 4.78 is 39.4.